The van der Waals surface area contributed by atoms with Crippen LogP contribution in [0.3, 0.4) is 0 Å². The van der Waals surface area contributed by atoms with Crippen LogP contribution in [-0.4, -0.2) is 18.3 Å². The van der Waals surface area contributed by atoms with Crippen LogP contribution in [0.5, 0.6) is 0 Å². The van der Waals surface area contributed by atoms with Gasteiger partial charge in [0.1, 0.15) is 0 Å². The highest BCUT2D eigenvalue weighted by Crippen LogP contribution is 2.01. The maximum Gasteiger partial charge on any atom is 0.0864 e. The third-order valence-corrected chi connectivity index (χ3v) is 1.09. The molecule has 0 saturated carbocycles. The molecule has 0 aromatic rings. The van der Waals surface area contributed by atoms with Gasteiger partial charge in [-0.25, -0.2) is 0 Å². The normalized spacial score (nSPS) is 12.6. The number of hydrogen-bond donors (Lipinski definition) is 1. The second-order valence-electron chi connectivity index (χ2n) is 1.88. The van der Waals surface area contributed by atoms with Crippen LogP contribution in [0.2, 0.25) is 0 Å². The first-order valence-electron chi connectivity index (χ1n) is 2.86. The summed E-state index contributed by atoms with van der Waals surface area (Å²) in [6, 6.07) is 0. The van der Waals surface area contributed by atoms with E-state index >= 15 is 0 Å². The Bertz CT molecular complexity index is 83.1. The first kappa shape index (κ1) is 8.30. The van der Waals surface area contributed by atoms with Gasteiger partial charge in [0.15, 0.2) is 0 Å². The zero-order valence-electron chi connectivity index (χ0n) is 5.29. The fourth-order valence-electron chi connectivity index (χ4n) is 0.548. The van der Waals surface area contributed by atoms with Crippen LogP contribution in [0.4, 0.5) is 0 Å². The molecular formula is C6H11NO2. The Morgan fingerprint density at radius 2 is 2.44 bits per heavy atom. The average Bonchev–Trinajstić information content (AvgIpc) is 1.88. The maximum atomic E-state index is 9.65. The Hall–Kier alpha value is -0.700. The van der Waals surface area contributed by atoms with Gasteiger partial charge >= 0.3 is 0 Å². The molecule has 52 valence electrons. The summed E-state index contributed by atoms with van der Waals surface area (Å²) in [5, 5.41) is 11.2. The van der Waals surface area contributed by atoms with Crippen LogP contribution in [-0.2, 0) is 0 Å². The van der Waals surface area contributed by atoms with Crippen molar-refractivity contribution in [1.82, 2.24) is 0 Å². The van der Waals surface area contributed by atoms with Gasteiger partial charge in [-0.2, -0.15) is 4.91 Å². The molecule has 0 aliphatic carbocycles. The Balaban J connectivity index is 3.39. The van der Waals surface area contributed by atoms with E-state index in [-0.39, 0.29) is 19.1 Å². The number of aliphatic hydroxyl groups is 1. The molecule has 0 heterocycles. The summed E-state index contributed by atoms with van der Waals surface area (Å²) >= 11 is 0. The first-order chi connectivity index (χ1) is 4.35. The van der Waals surface area contributed by atoms with E-state index in [1.807, 2.05) is 0 Å². The number of hydrogen-bond acceptors (Lipinski definition) is 3. The first-order valence-corrected chi connectivity index (χ1v) is 2.86. The van der Waals surface area contributed by atoms with E-state index in [9.17, 15) is 4.91 Å². The van der Waals surface area contributed by atoms with Crippen molar-refractivity contribution < 1.29 is 5.11 Å². The summed E-state index contributed by atoms with van der Waals surface area (Å²) in [7, 11) is 0. The zero-order chi connectivity index (χ0) is 7.11. The summed E-state index contributed by atoms with van der Waals surface area (Å²) in [5.74, 6) is -0.0278. The van der Waals surface area contributed by atoms with E-state index in [0.29, 0.717) is 6.42 Å². The second kappa shape index (κ2) is 5.44. The minimum atomic E-state index is -0.0278. The number of allylic oxidation sites excluding steroid dienone is 1. The second-order valence-corrected chi connectivity index (χ2v) is 1.88. The molecule has 0 aliphatic heterocycles. The largest absolute Gasteiger partial charge is 0.396 e. The highest BCUT2D eigenvalue weighted by atomic mass is 16.3. The van der Waals surface area contributed by atoms with Crippen LogP contribution in [0.25, 0.3) is 0 Å². The number of nitrogens with zero attached hydrogens (tertiary/aromatic N) is 1. The van der Waals surface area contributed by atoms with Gasteiger partial charge in [-0.05, 0) is 6.42 Å². The van der Waals surface area contributed by atoms with Gasteiger partial charge in [-0.3, -0.25) is 0 Å². The Morgan fingerprint density at radius 3 is 2.78 bits per heavy atom. The Kier molecular flexibility index (Phi) is 5.01. The van der Waals surface area contributed by atoms with Crippen molar-refractivity contribution in [3.05, 3.63) is 17.6 Å². The van der Waals surface area contributed by atoms with Crippen molar-refractivity contribution in [3.8, 4) is 0 Å². The lowest BCUT2D eigenvalue weighted by Gasteiger charge is -2.03. The summed E-state index contributed by atoms with van der Waals surface area (Å²) in [5.41, 5.74) is 0. The van der Waals surface area contributed by atoms with Gasteiger partial charge in [0.25, 0.3) is 0 Å². The molecule has 1 atom stereocenters. The lowest BCUT2D eigenvalue weighted by molar-refractivity contribution is 0.232. The molecular weight excluding hydrogens is 118 g/mol. The summed E-state index contributed by atoms with van der Waals surface area (Å²) in [6.45, 7) is 3.67. The SMILES string of the molecule is C=CCC(CO)CN=O. The molecule has 0 aromatic heterocycles. The number of aliphatic hydroxyl groups excluding tert-OH is 1. The molecule has 1 unspecified atom stereocenters. The van der Waals surface area contributed by atoms with Crippen molar-refractivity contribution in [2.24, 2.45) is 11.1 Å². The van der Waals surface area contributed by atoms with Crippen LogP contribution < -0.4 is 0 Å². The van der Waals surface area contributed by atoms with Gasteiger partial charge in [0.2, 0.25) is 0 Å². The molecule has 0 radical (unpaired) electrons. The fraction of sp³-hybridized carbons (Fsp3) is 0.667. The smallest absolute Gasteiger partial charge is 0.0864 e. The third kappa shape index (κ3) is 3.85. The van der Waals surface area contributed by atoms with Crippen molar-refractivity contribution in [3.63, 3.8) is 0 Å². The topological polar surface area (TPSA) is 49.7 Å². The van der Waals surface area contributed by atoms with Crippen molar-refractivity contribution in [1.29, 1.82) is 0 Å². The van der Waals surface area contributed by atoms with E-state index in [1.165, 1.54) is 0 Å². The van der Waals surface area contributed by atoms with Crippen LogP contribution in [0.1, 0.15) is 6.42 Å². The van der Waals surface area contributed by atoms with Crippen molar-refractivity contribution in [2.45, 2.75) is 6.42 Å². The molecule has 0 saturated heterocycles. The Labute approximate surface area is 54.4 Å². The number of rotatable bonds is 5. The van der Waals surface area contributed by atoms with E-state index < -0.39 is 0 Å². The Morgan fingerprint density at radius 1 is 1.78 bits per heavy atom. The average molecular weight is 129 g/mol. The highest BCUT2D eigenvalue weighted by Gasteiger charge is 2.03. The van der Waals surface area contributed by atoms with Crippen molar-refractivity contribution >= 4 is 0 Å². The highest BCUT2D eigenvalue weighted by molar-refractivity contribution is 4.73. The molecule has 3 nitrogen and oxygen atoms in total. The fourth-order valence-corrected chi connectivity index (χ4v) is 0.548. The van der Waals surface area contributed by atoms with Gasteiger partial charge < -0.3 is 5.11 Å². The molecule has 9 heavy (non-hydrogen) atoms. The standard InChI is InChI=1S/C6H11NO2/c1-2-3-6(5-8)4-7-9/h2,6,8H,1,3-5H2. The van der Waals surface area contributed by atoms with Gasteiger partial charge in [0.05, 0.1) is 6.54 Å². The molecule has 0 fully saturated rings. The predicted molar refractivity (Wildman–Crippen MR) is 36.1 cm³/mol. The van der Waals surface area contributed by atoms with Gasteiger partial charge in [-0.15, -0.1) is 6.58 Å². The lowest BCUT2D eigenvalue weighted by Crippen LogP contribution is -2.07. The molecule has 0 aromatic carbocycles. The minimum absolute atomic E-state index is 0.0117. The lowest BCUT2D eigenvalue weighted by atomic mass is 10.1. The predicted octanol–water partition coefficient (Wildman–Crippen LogP) is 0.937. The monoisotopic (exact) mass is 129 g/mol. The summed E-state index contributed by atoms with van der Waals surface area (Å²) < 4.78 is 0. The number of nitroso groups, excluding NO2 is 1. The van der Waals surface area contributed by atoms with Crippen LogP contribution in [0, 0.1) is 10.8 Å². The molecule has 3 heteroatoms. The third-order valence-electron chi connectivity index (χ3n) is 1.09. The molecule has 0 bridgehead atoms. The van der Waals surface area contributed by atoms with Gasteiger partial charge in [-0.1, -0.05) is 11.3 Å². The quantitative estimate of drug-likeness (QED) is 0.443. The molecule has 0 aliphatic rings. The molecule has 0 spiro atoms. The van der Waals surface area contributed by atoms with Gasteiger partial charge in [0, 0.05) is 12.5 Å². The van der Waals surface area contributed by atoms with Crippen LogP contribution in [0.15, 0.2) is 17.8 Å². The maximum absolute atomic E-state index is 9.65. The van der Waals surface area contributed by atoms with E-state index in [2.05, 4.69) is 11.8 Å². The van der Waals surface area contributed by atoms with Crippen molar-refractivity contribution in [2.75, 3.05) is 13.2 Å². The minimum Gasteiger partial charge on any atom is -0.396 e. The van der Waals surface area contributed by atoms with Crippen LogP contribution >= 0.6 is 0 Å². The molecule has 0 amide bonds. The zero-order valence-corrected chi connectivity index (χ0v) is 5.29. The van der Waals surface area contributed by atoms with E-state index in [0.717, 1.165) is 0 Å². The summed E-state index contributed by atoms with van der Waals surface area (Å²) in [6.07, 6.45) is 2.33. The molecule has 1 N–H and O–H groups in total. The molecule has 0 rings (SSSR count). The van der Waals surface area contributed by atoms with E-state index in [1.54, 1.807) is 6.08 Å². The van der Waals surface area contributed by atoms with E-state index in [4.69, 9.17) is 5.11 Å². The summed E-state index contributed by atoms with van der Waals surface area (Å²) in [4.78, 5) is 9.65.